The third-order valence-electron chi connectivity index (χ3n) is 4.44. The molecule has 5 nitrogen and oxygen atoms in total. The Morgan fingerprint density at radius 2 is 1.54 bits per heavy atom. The van der Waals surface area contributed by atoms with E-state index in [-0.39, 0.29) is 35.3 Å². The van der Waals surface area contributed by atoms with Crippen LogP contribution in [0.3, 0.4) is 0 Å². The van der Waals surface area contributed by atoms with E-state index < -0.39 is 20.8 Å². The van der Waals surface area contributed by atoms with E-state index in [9.17, 15) is 18.1 Å². The van der Waals surface area contributed by atoms with Gasteiger partial charge in [-0.3, -0.25) is 4.55 Å². The van der Waals surface area contributed by atoms with E-state index in [2.05, 4.69) is 6.92 Å². The fourth-order valence-corrected chi connectivity index (χ4v) is 3.87. The van der Waals surface area contributed by atoms with Gasteiger partial charge in [0.25, 0.3) is 10.1 Å². The van der Waals surface area contributed by atoms with Gasteiger partial charge in [-0.2, -0.15) is 8.42 Å². The first-order valence-electron chi connectivity index (χ1n) is 9.46. The van der Waals surface area contributed by atoms with Crippen molar-refractivity contribution in [3.8, 4) is 17.2 Å². The predicted octanol–water partition coefficient (Wildman–Crippen LogP) is 2.10. The standard InChI is InChI=1S/C21H28O5S.Na/c1-2-3-4-5-6-7-9-12-17-15-16-19(20(22)21(17)27(23,24)25)26-18-13-10-8-11-14-18;/h8,10-11,13-16,22H,2-7,9,12H2,1H3,(H,23,24,25);/q;+1/p-1. The van der Waals surface area contributed by atoms with Crippen LogP contribution in [0.1, 0.15) is 57.4 Å². The van der Waals surface area contributed by atoms with Crippen LogP contribution in [0, 0.1) is 0 Å². The van der Waals surface area contributed by atoms with Crippen LogP contribution >= 0.6 is 0 Å². The molecule has 2 aromatic rings. The van der Waals surface area contributed by atoms with Crippen molar-refractivity contribution in [2.45, 2.75) is 63.2 Å². The number of rotatable bonds is 11. The molecule has 0 atom stereocenters. The second-order valence-electron chi connectivity index (χ2n) is 6.64. The molecule has 1 N–H and O–H groups in total. The van der Waals surface area contributed by atoms with Crippen molar-refractivity contribution in [1.82, 2.24) is 0 Å². The molecule has 0 saturated carbocycles. The minimum atomic E-state index is -4.63. The summed E-state index contributed by atoms with van der Waals surface area (Å²) in [4.78, 5) is -0.568. The van der Waals surface area contributed by atoms with Crippen LogP contribution in [0.4, 0.5) is 0 Å². The minimum Gasteiger partial charge on any atom is -0.869 e. The molecule has 0 bridgehead atoms. The monoisotopic (exact) mass is 414 g/mol. The molecule has 2 rings (SSSR count). The van der Waals surface area contributed by atoms with Crippen molar-refractivity contribution >= 4 is 10.1 Å². The van der Waals surface area contributed by atoms with Gasteiger partial charge in [-0.1, -0.05) is 69.7 Å². The Morgan fingerprint density at radius 1 is 0.929 bits per heavy atom. The van der Waals surface area contributed by atoms with E-state index in [0.29, 0.717) is 17.7 Å². The van der Waals surface area contributed by atoms with Gasteiger partial charge >= 0.3 is 29.6 Å². The molecule has 2 aromatic carbocycles. The maximum absolute atomic E-state index is 12.6. The quantitative estimate of drug-likeness (QED) is 0.346. The van der Waals surface area contributed by atoms with Crippen molar-refractivity contribution in [3.05, 3.63) is 48.0 Å². The molecule has 0 fully saturated rings. The van der Waals surface area contributed by atoms with Crippen molar-refractivity contribution in [2.24, 2.45) is 0 Å². The second-order valence-corrected chi connectivity index (χ2v) is 8.00. The molecule has 0 aliphatic rings. The van der Waals surface area contributed by atoms with Crippen LogP contribution in [0.2, 0.25) is 0 Å². The number of hydrogen-bond donors (Lipinski definition) is 1. The van der Waals surface area contributed by atoms with E-state index in [0.717, 1.165) is 25.7 Å². The third kappa shape index (κ3) is 7.76. The number of unbranched alkanes of at least 4 members (excludes halogenated alkanes) is 6. The summed E-state index contributed by atoms with van der Waals surface area (Å²) in [6.07, 6.45) is 8.05. The first-order chi connectivity index (χ1) is 12.9. The van der Waals surface area contributed by atoms with Gasteiger partial charge in [-0.15, -0.1) is 0 Å². The maximum atomic E-state index is 12.6. The first kappa shape index (κ1) is 25.0. The predicted molar refractivity (Wildman–Crippen MR) is 104 cm³/mol. The van der Waals surface area contributed by atoms with E-state index in [4.69, 9.17) is 4.74 Å². The van der Waals surface area contributed by atoms with Gasteiger partial charge in [-0.05, 0) is 42.4 Å². The Labute approximate surface area is 190 Å². The molecule has 0 spiro atoms. The summed E-state index contributed by atoms with van der Waals surface area (Å²) in [6, 6.07) is 11.7. The average molecular weight is 414 g/mol. The van der Waals surface area contributed by atoms with Crippen LogP contribution in [0.25, 0.3) is 0 Å². The van der Waals surface area contributed by atoms with Gasteiger partial charge in [0, 0.05) is 0 Å². The molecule has 0 amide bonds. The largest absolute Gasteiger partial charge is 1.00 e. The van der Waals surface area contributed by atoms with Gasteiger partial charge < -0.3 is 9.84 Å². The Balaban J connectivity index is 0.00000392. The van der Waals surface area contributed by atoms with E-state index in [1.165, 1.54) is 25.3 Å². The Hall–Kier alpha value is -1.05. The summed E-state index contributed by atoms with van der Waals surface area (Å²) >= 11 is 0. The van der Waals surface area contributed by atoms with Gasteiger partial charge in [0.1, 0.15) is 11.5 Å². The fourth-order valence-electron chi connectivity index (χ4n) is 3.03. The normalized spacial score (nSPS) is 11.1. The Morgan fingerprint density at radius 3 is 2.14 bits per heavy atom. The fraction of sp³-hybridized carbons (Fsp3) is 0.429. The van der Waals surface area contributed by atoms with E-state index in [1.54, 1.807) is 36.4 Å². The maximum Gasteiger partial charge on any atom is 1.00 e. The zero-order chi connectivity index (χ0) is 19.7. The SMILES string of the molecule is CCCCCCCCCc1ccc(Oc2ccccc2)c([O-])c1S(=O)(=O)O.[Na+]. The molecular weight excluding hydrogens is 387 g/mol. The van der Waals surface area contributed by atoms with Gasteiger partial charge in [0.15, 0.2) is 0 Å². The third-order valence-corrected chi connectivity index (χ3v) is 5.40. The Kier molecular flexibility index (Phi) is 11.2. The number of ether oxygens (including phenoxy) is 1. The van der Waals surface area contributed by atoms with Crippen LogP contribution in [0.5, 0.6) is 17.2 Å². The zero-order valence-electron chi connectivity index (χ0n) is 16.7. The summed E-state index contributed by atoms with van der Waals surface area (Å²) in [5.41, 5.74) is 0.344. The van der Waals surface area contributed by atoms with Crippen molar-refractivity contribution in [3.63, 3.8) is 0 Å². The molecule has 0 aromatic heterocycles. The second kappa shape index (κ2) is 12.5. The number of benzene rings is 2. The number of aryl methyl sites for hydroxylation is 1. The van der Waals surface area contributed by atoms with Crippen molar-refractivity contribution in [2.75, 3.05) is 0 Å². The molecule has 0 aliphatic carbocycles. The van der Waals surface area contributed by atoms with Crippen LogP contribution in [0.15, 0.2) is 47.4 Å². The zero-order valence-corrected chi connectivity index (χ0v) is 19.5. The number of hydrogen-bond acceptors (Lipinski definition) is 4. The minimum absolute atomic E-state index is 0. The summed E-state index contributed by atoms with van der Waals surface area (Å²) in [5.74, 6) is -0.491. The van der Waals surface area contributed by atoms with Crippen molar-refractivity contribution < 1.29 is 52.4 Å². The van der Waals surface area contributed by atoms with Gasteiger partial charge in [0.05, 0.1) is 4.90 Å². The van der Waals surface area contributed by atoms with Crippen LogP contribution in [-0.4, -0.2) is 13.0 Å². The Bertz CT molecular complexity index is 822. The van der Waals surface area contributed by atoms with E-state index >= 15 is 0 Å². The number of para-hydroxylation sites is 1. The summed E-state index contributed by atoms with van der Waals surface area (Å²) < 4.78 is 38.6. The summed E-state index contributed by atoms with van der Waals surface area (Å²) in [5, 5.41) is 12.6. The van der Waals surface area contributed by atoms with E-state index in [1.807, 2.05) is 0 Å². The molecule has 0 saturated heterocycles. The van der Waals surface area contributed by atoms with Crippen LogP contribution < -0.4 is 39.4 Å². The molecule has 0 unspecified atom stereocenters. The molecule has 148 valence electrons. The average Bonchev–Trinajstić information content (AvgIpc) is 2.63. The first-order valence-corrected chi connectivity index (χ1v) is 10.9. The summed E-state index contributed by atoms with van der Waals surface area (Å²) in [7, 11) is -4.63. The van der Waals surface area contributed by atoms with Crippen molar-refractivity contribution in [1.29, 1.82) is 0 Å². The molecule has 0 radical (unpaired) electrons. The molecule has 28 heavy (non-hydrogen) atoms. The van der Waals surface area contributed by atoms with Gasteiger partial charge in [-0.25, -0.2) is 0 Å². The van der Waals surface area contributed by atoms with Crippen LogP contribution in [-0.2, 0) is 16.5 Å². The topological polar surface area (TPSA) is 86.7 Å². The van der Waals surface area contributed by atoms with Gasteiger partial charge in [0.2, 0.25) is 0 Å². The smallest absolute Gasteiger partial charge is 0.869 e. The summed E-state index contributed by atoms with van der Waals surface area (Å²) in [6.45, 7) is 2.17. The molecule has 7 heteroatoms. The molecule has 0 aliphatic heterocycles. The molecule has 0 heterocycles. The molecular formula is C21H27NaO5S.